The molecule has 0 atom stereocenters. The minimum Gasteiger partial charge on any atom is -0.478 e. The topological polar surface area (TPSA) is 105 Å². The molecule has 3 N–H and O–H groups in total. The summed E-state index contributed by atoms with van der Waals surface area (Å²) in [6.07, 6.45) is -0.650. The largest absolute Gasteiger partial charge is 0.478 e. The zero-order chi connectivity index (χ0) is 25.2. The maximum Gasteiger partial charge on any atom is 0.407 e. The molecule has 180 valence electrons. The Kier molecular flexibility index (Phi) is 6.55. The van der Waals surface area contributed by atoms with E-state index in [0.29, 0.717) is 0 Å². The second kappa shape index (κ2) is 9.58. The molecule has 3 aromatic carbocycles. The molecule has 8 heteroatoms. The third-order valence-corrected chi connectivity index (χ3v) is 6.09. The molecule has 3 aromatic rings. The summed E-state index contributed by atoms with van der Waals surface area (Å²) in [7, 11) is 0. The normalized spacial score (nSPS) is 12.4. The van der Waals surface area contributed by atoms with Gasteiger partial charge in [0.2, 0.25) is 5.91 Å². The standard InChI is InChI=1S/C27H25FN2O5/c1-27(2,25(33)30-16-11-12-23(28)21(13-16)24(31)32)15-29-26(34)35-14-22-19-9-5-3-7-17(19)18-8-4-6-10-20(18)22/h3-13,22H,14-15H2,1-2H3,(H,29,34)(H,30,33)(H,31,32). The SMILES string of the molecule is CC(C)(CNC(=O)OCC1c2ccccc2-c2ccccc21)C(=O)Nc1ccc(F)c(C(=O)O)c1. The van der Waals surface area contributed by atoms with E-state index in [9.17, 15) is 18.8 Å². The van der Waals surface area contributed by atoms with Crippen molar-refractivity contribution in [2.24, 2.45) is 5.41 Å². The number of fused-ring (bicyclic) bond motifs is 3. The molecule has 0 bridgehead atoms. The van der Waals surface area contributed by atoms with Crippen molar-refractivity contribution in [2.45, 2.75) is 19.8 Å². The van der Waals surface area contributed by atoms with E-state index in [-0.39, 0.29) is 24.8 Å². The van der Waals surface area contributed by atoms with Crippen LogP contribution in [-0.2, 0) is 9.53 Å². The molecular weight excluding hydrogens is 451 g/mol. The van der Waals surface area contributed by atoms with Gasteiger partial charge in [0.05, 0.1) is 11.0 Å². The Bertz CT molecular complexity index is 1260. The fourth-order valence-electron chi connectivity index (χ4n) is 4.09. The van der Waals surface area contributed by atoms with E-state index in [2.05, 4.69) is 22.8 Å². The number of nitrogens with one attached hydrogen (secondary N) is 2. The second-order valence-corrected chi connectivity index (χ2v) is 9.02. The van der Waals surface area contributed by atoms with Crippen LogP contribution in [0.15, 0.2) is 66.7 Å². The monoisotopic (exact) mass is 476 g/mol. The molecule has 1 aliphatic carbocycles. The molecule has 0 fully saturated rings. The first kappa shape index (κ1) is 23.9. The molecule has 0 heterocycles. The van der Waals surface area contributed by atoms with Crippen LogP contribution in [-0.4, -0.2) is 36.2 Å². The van der Waals surface area contributed by atoms with Gasteiger partial charge in [0.15, 0.2) is 0 Å². The van der Waals surface area contributed by atoms with Crippen LogP contribution < -0.4 is 10.6 Å². The maximum atomic E-state index is 13.6. The smallest absolute Gasteiger partial charge is 0.407 e. The molecule has 7 nitrogen and oxygen atoms in total. The van der Waals surface area contributed by atoms with Gasteiger partial charge in [0.25, 0.3) is 0 Å². The van der Waals surface area contributed by atoms with Crippen LogP contribution in [0, 0.1) is 11.2 Å². The lowest BCUT2D eigenvalue weighted by molar-refractivity contribution is -0.123. The van der Waals surface area contributed by atoms with Gasteiger partial charge in [-0.3, -0.25) is 4.79 Å². The molecular formula is C27H25FN2O5. The Balaban J connectivity index is 1.34. The molecule has 0 radical (unpaired) electrons. The number of carbonyl (C=O) groups excluding carboxylic acids is 2. The van der Waals surface area contributed by atoms with Crippen LogP contribution in [0.5, 0.6) is 0 Å². The number of carboxylic acid groups (broad SMARTS) is 1. The number of halogens is 1. The number of ether oxygens (including phenoxy) is 1. The first-order chi connectivity index (χ1) is 16.7. The van der Waals surface area contributed by atoms with Crippen LogP contribution in [0.25, 0.3) is 11.1 Å². The Morgan fingerprint density at radius 1 is 0.971 bits per heavy atom. The first-order valence-electron chi connectivity index (χ1n) is 11.1. The summed E-state index contributed by atoms with van der Waals surface area (Å²) in [6.45, 7) is 3.37. The molecule has 35 heavy (non-hydrogen) atoms. The third kappa shape index (κ3) is 5.01. The molecule has 0 aromatic heterocycles. The third-order valence-electron chi connectivity index (χ3n) is 6.09. The van der Waals surface area contributed by atoms with E-state index >= 15 is 0 Å². The van der Waals surface area contributed by atoms with E-state index in [1.807, 2.05) is 36.4 Å². The lowest BCUT2D eigenvalue weighted by Crippen LogP contribution is -2.42. The highest BCUT2D eigenvalue weighted by Gasteiger charge is 2.31. The van der Waals surface area contributed by atoms with Crippen molar-refractivity contribution in [2.75, 3.05) is 18.5 Å². The highest BCUT2D eigenvalue weighted by atomic mass is 19.1. The zero-order valence-electron chi connectivity index (χ0n) is 19.3. The molecule has 0 unspecified atom stereocenters. The second-order valence-electron chi connectivity index (χ2n) is 9.02. The van der Waals surface area contributed by atoms with Gasteiger partial charge < -0.3 is 20.5 Å². The quantitative estimate of drug-likeness (QED) is 0.444. The summed E-state index contributed by atoms with van der Waals surface area (Å²) in [5.74, 6) is -2.88. The van der Waals surface area contributed by atoms with Crippen molar-refractivity contribution >= 4 is 23.7 Å². The highest BCUT2D eigenvalue weighted by Crippen LogP contribution is 2.44. The van der Waals surface area contributed by atoms with Crippen molar-refractivity contribution < 1.29 is 28.6 Å². The summed E-state index contributed by atoms with van der Waals surface area (Å²) < 4.78 is 19.1. The zero-order valence-corrected chi connectivity index (χ0v) is 19.3. The van der Waals surface area contributed by atoms with Gasteiger partial charge in [-0.05, 0) is 54.3 Å². The van der Waals surface area contributed by atoms with Crippen LogP contribution in [0.1, 0.15) is 41.3 Å². The molecule has 1 aliphatic rings. The number of rotatable bonds is 7. The average Bonchev–Trinajstić information content (AvgIpc) is 3.16. The number of amides is 2. The summed E-state index contributed by atoms with van der Waals surface area (Å²) >= 11 is 0. The van der Waals surface area contributed by atoms with Crippen molar-refractivity contribution in [3.05, 3.63) is 89.2 Å². The van der Waals surface area contributed by atoms with E-state index in [1.54, 1.807) is 13.8 Å². The number of carbonyl (C=O) groups is 3. The van der Waals surface area contributed by atoms with E-state index < -0.39 is 34.8 Å². The number of aromatic carboxylic acids is 1. The summed E-state index contributed by atoms with van der Waals surface area (Å²) in [5.41, 5.74) is 3.00. The predicted octanol–water partition coefficient (Wildman–Crippen LogP) is 5.03. The molecule has 2 amide bonds. The molecule has 0 aliphatic heterocycles. The van der Waals surface area contributed by atoms with Gasteiger partial charge in [0, 0.05) is 18.2 Å². The Hall–Kier alpha value is -4.20. The Morgan fingerprint density at radius 2 is 1.57 bits per heavy atom. The van der Waals surface area contributed by atoms with Gasteiger partial charge in [-0.2, -0.15) is 0 Å². The van der Waals surface area contributed by atoms with Crippen LogP contribution in [0.4, 0.5) is 14.9 Å². The van der Waals surface area contributed by atoms with E-state index in [1.165, 1.54) is 6.07 Å². The van der Waals surface area contributed by atoms with Crippen molar-refractivity contribution in [1.82, 2.24) is 5.32 Å². The number of carboxylic acids is 1. The predicted molar refractivity (Wildman–Crippen MR) is 129 cm³/mol. The molecule has 0 saturated carbocycles. The van der Waals surface area contributed by atoms with Crippen molar-refractivity contribution in [1.29, 1.82) is 0 Å². The van der Waals surface area contributed by atoms with Crippen molar-refractivity contribution in [3.63, 3.8) is 0 Å². The van der Waals surface area contributed by atoms with Crippen LogP contribution >= 0.6 is 0 Å². The van der Waals surface area contributed by atoms with Crippen LogP contribution in [0.2, 0.25) is 0 Å². The van der Waals surface area contributed by atoms with Crippen LogP contribution in [0.3, 0.4) is 0 Å². The van der Waals surface area contributed by atoms with Gasteiger partial charge in [-0.25, -0.2) is 14.0 Å². The molecule has 4 rings (SSSR count). The molecule has 0 saturated heterocycles. The summed E-state index contributed by atoms with van der Waals surface area (Å²) in [5, 5.41) is 14.2. The maximum absolute atomic E-state index is 13.6. The number of alkyl carbamates (subject to hydrolysis) is 1. The van der Waals surface area contributed by atoms with Gasteiger partial charge >= 0.3 is 12.1 Å². The van der Waals surface area contributed by atoms with Gasteiger partial charge in [-0.15, -0.1) is 0 Å². The van der Waals surface area contributed by atoms with Gasteiger partial charge in [0.1, 0.15) is 12.4 Å². The van der Waals surface area contributed by atoms with E-state index in [4.69, 9.17) is 9.84 Å². The minimum atomic E-state index is -1.44. The lowest BCUT2D eigenvalue weighted by atomic mass is 9.92. The fraction of sp³-hybridized carbons (Fsp3) is 0.222. The minimum absolute atomic E-state index is 0.0253. The lowest BCUT2D eigenvalue weighted by Gasteiger charge is -2.24. The Morgan fingerprint density at radius 3 is 2.17 bits per heavy atom. The molecule has 0 spiro atoms. The fourth-order valence-corrected chi connectivity index (χ4v) is 4.09. The highest BCUT2D eigenvalue weighted by molar-refractivity contribution is 5.97. The number of anilines is 1. The van der Waals surface area contributed by atoms with Gasteiger partial charge in [-0.1, -0.05) is 48.5 Å². The van der Waals surface area contributed by atoms with E-state index in [0.717, 1.165) is 34.4 Å². The number of hydrogen-bond acceptors (Lipinski definition) is 4. The summed E-state index contributed by atoms with van der Waals surface area (Å²) in [6, 6.07) is 19.3. The first-order valence-corrected chi connectivity index (χ1v) is 11.1. The summed E-state index contributed by atoms with van der Waals surface area (Å²) in [4.78, 5) is 36.3. The number of benzene rings is 3. The average molecular weight is 477 g/mol. The van der Waals surface area contributed by atoms with Crippen molar-refractivity contribution in [3.8, 4) is 11.1 Å². The number of hydrogen-bond donors (Lipinski definition) is 3. The Labute approximate surface area is 201 Å².